The summed E-state index contributed by atoms with van der Waals surface area (Å²) in [7, 11) is -0.795. The third-order valence-corrected chi connectivity index (χ3v) is 6.76. The zero-order valence-corrected chi connectivity index (χ0v) is 20.7. The predicted molar refractivity (Wildman–Crippen MR) is 127 cm³/mol. The van der Waals surface area contributed by atoms with Gasteiger partial charge in [-0.1, -0.05) is 19.9 Å². The molecule has 0 heterocycles. The number of benzene rings is 2. The Kier molecular flexibility index (Phi) is 9.01. The monoisotopic (exact) mass is 476 g/mol. The first-order valence-corrected chi connectivity index (χ1v) is 12.1. The molecule has 1 N–H and O–H groups in total. The molecule has 33 heavy (non-hydrogen) atoms. The number of amides is 1. The summed E-state index contributed by atoms with van der Waals surface area (Å²) in [6.45, 7) is 8.01. The maximum atomic E-state index is 12.6. The van der Waals surface area contributed by atoms with Gasteiger partial charge in [0.05, 0.1) is 17.1 Å². The van der Waals surface area contributed by atoms with E-state index in [9.17, 15) is 18.0 Å². The van der Waals surface area contributed by atoms with Gasteiger partial charge in [0, 0.05) is 19.8 Å². The lowest BCUT2D eigenvalue weighted by molar-refractivity contribution is -0.123. The van der Waals surface area contributed by atoms with Crippen molar-refractivity contribution in [1.29, 1.82) is 0 Å². The van der Waals surface area contributed by atoms with Crippen molar-refractivity contribution in [3.05, 3.63) is 53.6 Å². The van der Waals surface area contributed by atoms with E-state index in [0.717, 1.165) is 10.7 Å². The summed E-state index contributed by atoms with van der Waals surface area (Å²) in [6.07, 6.45) is -0.159. The number of carbonyl (C=O) groups excluding carboxylic acids is 2. The fourth-order valence-electron chi connectivity index (χ4n) is 2.72. The maximum absolute atomic E-state index is 12.6. The zero-order valence-electron chi connectivity index (χ0n) is 19.9. The predicted octanol–water partition coefficient (Wildman–Crippen LogP) is 3.85. The third-order valence-electron chi connectivity index (χ3n) is 4.95. The summed E-state index contributed by atoms with van der Waals surface area (Å²) in [5, 5.41) is 2.64. The van der Waals surface area contributed by atoms with E-state index in [0.29, 0.717) is 35.1 Å². The number of hydrogen-bond donors (Lipinski definition) is 1. The minimum absolute atomic E-state index is 0.0498. The number of sulfonamides is 1. The van der Waals surface area contributed by atoms with Gasteiger partial charge in [0.15, 0.2) is 6.10 Å². The van der Waals surface area contributed by atoms with Crippen molar-refractivity contribution in [2.45, 2.75) is 45.1 Å². The molecule has 1 unspecified atom stereocenters. The normalized spacial score (nSPS) is 12.5. The van der Waals surface area contributed by atoms with Gasteiger partial charge < -0.3 is 14.8 Å². The maximum Gasteiger partial charge on any atom is 0.338 e. The Morgan fingerprint density at radius 3 is 2.24 bits per heavy atom. The molecule has 8 nitrogen and oxygen atoms in total. The van der Waals surface area contributed by atoms with Crippen LogP contribution in [0.25, 0.3) is 0 Å². The van der Waals surface area contributed by atoms with Crippen LogP contribution in [0.4, 0.5) is 5.69 Å². The van der Waals surface area contributed by atoms with Crippen LogP contribution < -0.4 is 10.1 Å². The number of nitrogens with zero attached hydrogens (tertiary/aromatic N) is 1. The Morgan fingerprint density at radius 1 is 1.03 bits per heavy atom. The van der Waals surface area contributed by atoms with Crippen molar-refractivity contribution in [1.82, 2.24) is 4.31 Å². The molecule has 0 aliphatic carbocycles. The Balaban J connectivity index is 2.01. The van der Waals surface area contributed by atoms with Gasteiger partial charge in [0.1, 0.15) is 5.75 Å². The van der Waals surface area contributed by atoms with Gasteiger partial charge in [-0.2, -0.15) is 0 Å². The molecule has 1 amide bonds. The van der Waals surface area contributed by atoms with Crippen LogP contribution >= 0.6 is 0 Å². The molecule has 2 rings (SSSR count). The van der Waals surface area contributed by atoms with Crippen LogP contribution in [-0.2, 0) is 19.6 Å². The van der Waals surface area contributed by atoms with Gasteiger partial charge in [-0.15, -0.1) is 0 Å². The van der Waals surface area contributed by atoms with Gasteiger partial charge in [-0.25, -0.2) is 17.5 Å². The molecule has 1 atom stereocenters. The molecule has 0 saturated heterocycles. The molecule has 0 spiro atoms. The molecule has 9 heteroatoms. The van der Waals surface area contributed by atoms with Crippen LogP contribution in [0.15, 0.2) is 47.4 Å². The van der Waals surface area contributed by atoms with E-state index in [1.165, 1.54) is 33.2 Å². The summed E-state index contributed by atoms with van der Waals surface area (Å²) in [5.74, 6) is -0.0249. The van der Waals surface area contributed by atoms with Crippen molar-refractivity contribution in [3.63, 3.8) is 0 Å². The van der Waals surface area contributed by atoms with Crippen molar-refractivity contribution in [3.8, 4) is 5.75 Å². The van der Waals surface area contributed by atoms with Gasteiger partial charge >= 0.3 is 5.97 Å². The first-order chi connectivity index (χ1) is 15.4. The second-order valence-corrected chi connectivity index (χ2v) is 10.5. The number of rotatable bonds is 10. The van der Waals surface area contributed by atoms with E-state index in [2.05, 4.69) is 19.2 Å². The number of hydrogen-bond acceptors (Lipinski definition) is 6. The summed E-state index contributed by atoms with van der Waals surface area (Å²) in [6, 6.07) is 11.0. The Morgan fingerprint density at radius 2 is 1.67 bits per heavy atom. The van der Waals surface area contributed by atoms with Crippen molar-refractivity contribution < 1.29 is 27.5 Å². The summed E-state index contributed by atoms with van der Waals surface area (Å²) in [5.41, 5.74) is 1.29. The molecular formula is C24H32N2O6S. The molecule has 2 aromatic rings. The van der Waals surface area contributed by atoms with Crippen LogP contribution in [0, 0.1) is 12.8 Å². The molecule has 2 aromatic carbocycles. The zero-order chi connectivity index (χ0) is 24.8. The van der Waals surface area contributed by atoms with Gasteiger partial charge in [0.25, 0.3) is 5.91 Å². The first kappa shape index (κ1) is 26.3. The molecule has 0 saturated carbocycles. The van der Waals surface area contributed by atoms with Crippen LogP contribution in [0.3, 0.4) is 0 Å². The van der Waals surface area contributed by atoms with E-state index in [4.69, 9.17) is 9.47 Å². The lowest BCUT2D eigenvalue weighted by Crippen LogP contribution is -2.30. The number of ether oxygens (including phenoxy) is 2. The molecule has 0 bridgehead atoms. The fraction of sp³-hybridized carbons (Fsp3) is 0.417. The second-order valence-electron chi connectivity index (χ2n) is 8.36. The highest BCUT2D eigenvalue weighted by molar-refractivity contribution is 7.89. The first-order valence-electron chi connectivity index (χ1n) is 10.7. The highest BCUT2D eigenvalue weighted by Gasteiger charge is 2.22. The van der Waals surface area contributed by atoms with Crippen LogP contribution in [0.5, 0.6) is 5.75 Å². The number of nitrogens with one attached hydrogen (secondary N) is 1. The van der Waals surface area contributed by atoms with E-state index in [-0.39, 0.29) is 4.90 Å². The van der Waals surface area contributed by atoms with E-state index in [1.807, 2.05) is 0 Å². The topological polar surface area (TPSA) is 102 Å². The number of esters is 1. The second kappa shape index (κ2) is 11.3. The van der Waals surface area contributed by atoms with Crippen molar-refractivity contribution in [2.75, 3.05) is 26.0 Å². The summed E-state index contributed by atoms with van der Waals surface area (Å²) < 4.78 is 36.7. The lowest BCUT2D eigenvalue weighted by atomic mass is 10.1. The molecule has 0 aliphatic heterocycles. The number of anilines is 1. The minimum Gasteiger partial charge on any atom is -0.494 e. The molecule has 0 aromatic heterocycles. The third kappa shape index (κ3) is 7.30. The van der Waals surface area contributed by atoms with Gasteiger partial charge in [-0.3, -0.25) is 4.79 Å². The summed E-state index contributed by atoms with van der Waals surface area (Å²) >= 11 is 0. The minimum atomic E-state index is -3.65. The highest BCUT2D eigenvalue weighted by Crippen LogP contribution is 2.22. The van der Waals surface area contributed by atoms with Crippen LogP contribution in [0.2, 0.25) is 0 Å². The van der Waals surface area contributed by atoms with Gasteiger partial charge in [-0.05, 0) is 68.1 Å². The Labute approximate surface area is 195 Å². The fourth-order valence-corrected chi connectivity index (χ4v) is 3.65. The Hall–Kier alpha value is -2.91. The van der Waals surface area contributed by atoms with Crippen molar-refractivity contribution in [2.24, 2.45) is 5.92 Å². The van der Waals surface area contributed by atoms with Crippen molar-refractivity contribution >= 4 is 27.6 Å². The number of aryl methyl sites for hydroxylation is 1. The molecule has 0 fully saturated rings. The highest BCUT2D eigenvalue weighted by atomic mass is 32.2. The average Bonchev–Trinajstić information content (AvgIpc) is 2.75. The average molecular weight is 477 g/mol. The quantitative estimate of drug-likeness (QED) is 0.523. The molecular weight excluding hydrogens is 444 g/mol. The molecule has 180 valence electrons. The SMILES string of the molecule is Cc1ccc(S(=O)(=O)N(C)C)cc1NC(=O)C(C)OC(=O)c1ccc(OCCC(C)C)cc1. The van der Waals surface area contributed by atoms with Gasteiger partial charge in [0.2, 0.25) is 10.0 Å². The van der Waals surface area contributed by atoms with E-state index < -0.39 is 28.0 Å². The largest absolute Gasteiger partial charge is 0.494 e. The van der Waals surface area contributed by atoms with E-state index in [1.54, 1.807) is 37.3 Å². The molecule has 0 radical (unpaired) electrons. The lowest BCUT2D eigenvalue weighted by Gasteiger charge is -2.17. The summed E-state index contributed by atoms with van der Waals surface area (Å²) in [4.78, 5) is 25.1. The van der Waals surface area contributed by atoms with Crippen LogP contribution in [-0.4, -0.2) is 51.4 Å². The van der Waals surface area contributed by atoms with E-state index >= 15 is 0 Å². The standard InChI is InChI=1S/C24H32N2O6S/c1-16(2)13-14-31-20-10-8-19(9-11-20)24(28)32-18(4)23(27)25-22-15-21(12-7-17(22)3)33(29,30)26(5)6/h7-12,15-16,18H,13-14H2,1-6H3,(H,25,27). The Bertz CT molecular complexity index is 1080. The number of carbonyl (C=O) groups is 2. The smallest absolute Gasteiger partial charge is 0.338 e. The van der Waals surface area contributed by atoms with Crippen LogP contribution in [0.1, 0.15) is 43.1 Å². The molecule has 0 aliphatic rings.